The molecule has 0 amide bonds. The Hall–Kier alpha value is -11.5. The number of rotatable bonds is 10. The summed E-state index contributed by atoms with van der Waals surface area (Å²) in [5.74, 6) is 0. The molecule has 1 aromatic heterocycles. The Kier molecular flexibility index (Phi) is 11.7. The second-order valence-corrected chi connectivity index (χ2v) is 21.1. The summed E-state index contributed by atoms with van der Waals surface area (Å²) >= 11 is 0. The number of anilines is 18. The summed E-state index contributed by atoms with van der Waals surface area (Å²) in [6.45, 7) is 0. The fraction of sp³-hybridized carbons (Fsp3) is 0. The van der Waals surface area contributed by atoms with Crippen LogP contribution in [0, 0.1) is 0 Å². The first kappa shape index (κ1) is 48.4. The first-order valence-electron chi connectivity index (χ1n) is 28.4. The lowest BCUT2D eigenvalue weighted by atomic mass is 9.96. The molecule has 8 nitrogen and oxygen atoms in total. The summed E-state index contributed by atoms with van der Waals surface area (Å²) in [5.41, 5.74) is 20.8. The molecule has 0 N–H and O–H groups in total. The molecule has 0 unspecified atom stereocenters. The molecule has 13 aromatic carbocycles. The van der Waals surface area contributed by atoms with Crippen molar-refractivity contribution in [3.63, 3.8) is 0 Å². The summed E-state index contributed by atoms with van der Waals surface area (Å²) in [5, 5.41) is 4.21. The molecule has 0 saturated heterocycles. The Morgan fingerprint density at radius 2 is 0.488 bits per heavy atom. The lowest BCUT2D eigenvalue weighted by Crippen LogP contribution is -2.24. The van der Waals surface area contributed by atoms with E-state index in [0.717, 1.165) is 135 Å². The second kappa shape index (κ2) is 20.3. The number of aromatic nitrogens is 2. The highest BCUT2D eigenvalue weighted by Gasteiger charge is 2.34. The van der Waals surface area contributed by atoms with Gasteiger partial charge in [0.1, 0.15) is 0 Å². The Bertz CT molecular complexity index is 4380. The van der Waals surface area contributed by atoms with Gasteiger partial charge in [0.15, 0.2) is 0 Å². The van der Waals surface area contributed by atoms with Gasteiger partial charge in [0.25, 0.3) is 0 Å². The van der Waals surface area contributed by atoms with Crippen molar-refractivity contribution in [2.24, 2.45) is 0 Å². The van der Waals surface area contributed by atoms with Crippen molar-refractivity contribution in [2.75, 3.05) is 29.4 Å². The van der Waals surface area contributed by atoms with Crippen LogP contribution < -0.4 is 29.4 Å². The molecule has 8 heteroatoms. The Balaban J connectivity index is 0.903. The molecule has 0 fully saturated rings. The molecule has 0 bridgehead atoms. The van der Waals surface area contributed by atoms with Crippen molar-refractivity contribution in [1.82, 2.24) is 9.97 Å². The van der Waals surface area contributed by atoms with Gasteiger partial charge < -0.3 is 29.4 Å². The van der Waals surface area contributed by atoms with E-state index in [1.807, 2.05) is 12.4 Å². The van der Waals surface area contributed by atoms with Crippen molar-refractivity contribution >= 4 is 135 Å². The van der Waals surface area contributed by atoms with Gasteiger partial charge in [-0.2, -0.15) is 0 Å². The zero-order valence-corrected chi connectivity index (χ0v) is 45.6. The zero-order valence-electron chi connectivity index (χ0n) is 45.6. The second-order valence-electron chi connectivity index (χ2n) is 21.1. The lowest BCUT2D eigenvalue weighted by Gasteiger charge is -2.41. The van der Waals surface area contributed by atoms with Crippen LogP contribution >= 0.6 is 0 Å². The molecular weight excluding hydrogens is 1020 g/mol. The van der Waals surface area contributed by atoms with Crippen molar-refractivity contribution < 1.29 is 0 Å². The molecule has 0 atom stereocenters. The quantitative estimate of drug-likeness (QED) is 0.126. The molecule has 3 heterocycles. The minimum absolute atomic E-state index is 0.863. The largest absolute Gasteiger partial charge is 0.310 e. The van der Waals surface area contributed by atoms with E-state index < -0.39 is 0 Å². The number of nitrogens with zero attached hydrogens (tertiary/aromatic N) is 8. The monoisotopic (exact) mass is 1080 g/mol. The van der Waals surface area contributed by atoms with Gasteiger partial charge in [-0.05, 0) is 168 Å². The normalized spacial score (nSPS) is 12.4. The van der Waals surface area contributed by atoms with Gasteiger partial charge in [-0.15, -0.1) is 0 Å². The van der Waals surface area contributed by atoms with Crippen LogP contribution in [0.25, 0.3) is 32.6 Å². The highest BCUT2D eigenvalue weighted by molar-refractivity contribution is 6.24. The number of para-hydroxylation sites is 10. The van der Waals surface area contributed by atoms with E-state index in [1.165, 1.54) is 0 Å². The number of hydrogen-bond donors (Lipinski definition) is 0. The topological polar surface area (TPSA) is 45.2 Å². The Morgan fingerprint density at radius 3 is 0.821 bits per heavy atom. The van der Waals surface area contributed by atoms with Crippen LogP contribution in [0.3, 0.4) is 0 Å². The third-order valence-corrected chi connectivity index (χ3v) is 16.2. The molecule has 0 spiro atoms. The average Bonchev–Trinajstić information content (AvgIpc) is 3.32. The fourth-order valence-corrected chi connectivity index (χ4v) is 12.6. The van der Waals surface area contributed by atoms with E-state index in [2.05, 4.69) is 333 Å². The van der Waals surface area contributed by atoms with E-state index >= 15 is 0 Å². The van der Waals surface area contributed by atoms with Gasteiger partial charge in [0, 0.05) is 80.0 Å². The first-order chi connectivity index (χ1) is 41.7. The maximum atomic E-state index is 5.06. The number of hydrogen-bond acceptors (Lipinski definition) is 8. The van der Waals surface area contributed by atoms with E-state index in [4.69, 9.17) is 9.97 Å². The fourth-order valence-electron chi connectivity index (χ4n) is 12.6. The molecule has 2 aliphatic heterocycles. The van der Waals surface area contributed by atoms with Crippen molar-refractivity contribution in [1.29, 1.82) is 0 Å². The maximum absolute atomic E-state index is 5.06. The van der Waals surface area contributed by atoms with Crippen molar-refractivity contribution in [3.8, 4) is 0 Å². The van der Waals surface area contributed by atoms with Crippen LogP contribution in [0.15, 0.2) is 316 Å². The summed E-state index contributed by atoms with van der Waals surface area (Å²) in [6.07, 6.45) is 3.62. The summed E-state index contributed by atoms with van der Waals surface area (Å²) < 4.78 is 0. The van der Waals surface area contributed by atoms with Crippen LogP contribution in [-0.4, -0.2) is 9.97 Å². The van der Waals surface area contributed by atoms with E-state index in [-0.39, 0.29) is 0 Å². The van der Waals surface area contributed by atoms with Crippen LogP contribution in [0.2, 0.25) is 0 Å². The minimum Gasteiger partial charge on any atom is -0.310 e. The predicted octanol–water partition coefficient (Wildman–Crippen LogP) is 21.4. The van der Waals surface area contributed by atoms with E-state index in [9.17, 15) is 0 Å². The van der Waals surface area contributed by atoms with Gasteiger partial charge in [0.2, 0.25) is 0 Å². The Morgan fingerprint density at radius 1 is 0.202 bits per heavy atom. The van der Waals surface area contributed by atoms with Gasteiger partial charge in [0.05, 0.1) is 56.5 Å². The standard InChI is InChI=1S/C76H52N8/c1-7-23-53(24-8-1)79(54-25-9-2-10-26-54)61-41-45-71-73(51-61)81(57-31-15-5-16-32-57)67-35-19-21-37-69(67)83(71)59-39-43-63-65(49-59)66-50-60(40-44-64(66)76-75(63)77-47-48-78-76)84-70-38-22-20-36-68(70)82(58-33-17-6-18-34-58)74-52-62(42-46-72(74)84)80(55-27-11-3-12-28-55)56-29-13-4-14-30-56/h1-52H. The highest BCUT2D eigenvalue weighted by atomic mass is 15.3. The molecule has 14 aromatic rings. The van der Waals surface area contributed by atoms with E-state index in [0.29, 0.717) is 0 Å². The van der Waals surface area contributed by atoms with Gasteiger partial charge >= 0.3 is 0 Å². The molecule has 396 valence electrons. The molecule has 0 saturated carbocycles. The molecule has 84 heavy (non-hydrogen) atoms. The van der Waals surface area contributed by atoms with Crippen LogP contribution in [0.5, 0.6) is 0 Å². The summed E-state index contributed by atoms with van der Waals surface area (Å²) in [7, 11) is 0. The summed E-state index contributed by atoms with van der Waals surface area (Å²) in [4.78, 5) is 24.5. The third kappa shape index (κ3) is 8.07. The third-order valence-electron chi connectivity index (χ3n) is 16.2. The smallest absolute Gasteiger partial charge is 0.0971 e. The predicted molar refractivity (Wildman–Crippen MR) is 350 cm³/mol. The lowest BCUT2D eigenvalue weighted by molar-refractivity contribution is 1.16. The number of fused-ring (bicyclic) bond motifs is 10. The van der Waals surface area contributed by atoms with E-state index in [1.54, 1.807) is 0 Å². The van der Waals surface area contributed by atoms with Crippen LogP contribution in [-0.2, 0) is 0 Å². The molecular formula is C76H52N8. The van der Waals surface area contributed by atoms with Crippen LogP contribution in [0.4, 0.5) is 102 Å². The maximum Gasteiger partial charge on any atom is 0.0971 e. The number of benzene rings is 13. The Labute approximate surface area is 487 Å². The molecule has 0 radical (unpaired) electrons. The van der Waals surface area contributed by atoms with Gasteiger partial charge in [-0.1, -0.05) is 146 Å². The van der Waals surface area contributed by atoms with Crippen molar-refractivity contribution in [2.45, 2.75) is 0 Å². The first-order valence-corrected chi connectivity index (χ1v) is 28.4. The van der Waals surface area contributed by atoms with Gasteiger partial charge in [-0.3, -0.25) is 9.97 Å². The van der Waals surface area contributed by atoms with Crippen LogP contribution in [0.1, 0.15) is 0 Å². The summed E-state index contributed by atoms with van der Waals surface area (Å²) in [6, 6.07) is 109. The molecule has 16 rings (SSSR count). The molecule has 0 aliphatic carbocycles. The molecule has 2 aliphatic rings. The van der Waals surface area contributed by atoms with Crippen molar-refractivity contribution in [3.05, 3.63) is 316 Å². The average molecular weight is 1080 g/mol. The zero-order chi connectivity index (χ0) is 55.5. The minimum atomic E-state index is 0.863. The van der Waals surface area contributed by atoms with Gasteiger partial charge in [-0.25, -0.2) is 0 Å². The highest BCUT2D eigenvalue weighted by Crippen LogP contribution is 2.58. The SMILES string of the molecule is c1ccc(N(c2ccccc2)c2ccc3c(c2)N(c2ccccc2)c2ccccc2N3c2ccc3c(c2)c2cc(N4c5ccccc5N(c5ccccc5)c5cc(N(c6ccccc6)c6ccccc6)ccc54)ccc2c2nccnc32)cc1.